The zero-order valence-corrected chi connectivity index (χ0v) is 19.3. The number of aliphatic imine (C=N–C) groups is 1. The molecule has 0 atom stereocenters. The first-order valence-electron chi connectivity index (χ1n) is 11.4. The molecule has 1 heterocycles. The molecule has 1 aromatic carbocycles. The Balaban J connectivity index is 1.48. The second-order valence-corrected chi connectivity index (χ2v) is 9.95. The lowest BCUT2D eigenvalue weighted by Crippen LogP contribution is -3.15. The molecule has 1 aliphatic heterocycles. The number of quaternary nitrogens is 1. The Labute approximate surface area is 185 Å². The molecule has 6 nitrogen and oxygen atoms in total. The van der Waals surface area contributed by atoms with Gasteiger partial charge in [0.15, 0.2) is 0 Å². The fraction of sp³-hybridized carbons (Fsp3) is 0.600. The van der Waals surface area contributed by atoms with Crippen molar-refractivity contribution in [3.05, 3.63) is 35.4 Å². The highest BCUT2D eigenvalue weighted by Crippen LogP contribution is 2.32. The summed E-state index contributed by atoms with van der Waals surface area (Å²) in [4.78, 5) is 44.4. The van der Waals surface area contributed by atoms with Crippen LogP contribution in [0.15, 0.2) is 29.3 Å². The molecule has 31 heavy (non-hydrogen) atoms. The van der Waals surface area contributed by atoms with E-state index in [9.17, 15) is 14.4 Å². The van der Waals surface area contributed by atoms with Crippen LogP contribution < -0.4 is 4.90 Å². The summed E-state index contributed by atoms with van der Waals surface area (Å²) in [6.07, 6.45) is 2.37. The largest absolute Gasteiger partial charge is 0.332 e. The minimum Gasteiger partial charge on any atom is -0.332 e. The summed E-state index contributed by atoms with van der Waals surface area (Å²) in [6, 6.07) is 8.34. The number of amides is 1. The summed E-state index contributed by atoms with van der Waals surface area (Å²) in [5.41, 5.74) is 2.40. The monoisotopic (exact) mass is 426 g/mol. The number of hydrogen-bond acceptors (Lipinski definition) is 4. The number of ketones is 2. The average molecular weight is 427 g/mol. The first-order valence-corrected chi connectivity index (χ1v) is 11.4. The Kier molecular flexibility index (Phi) is 7.42. The lowest BCUT2D eigenvalue weighted by atomic mass is 9.76. The highest BCUT2D eigenvalue weighted by Gasteiger charge is 2.35. The molecule has 1 N–H and O–H groups in total. The number of carbonyl (C=O) groups is 3. The Morgan fingerprint density at radius 3 is 2.19 bits per heavy atom. The van der Waals surface area contributed by atoms with Crippen LogP contribution in [0.25, 0.3) is 0 Å². The van der Waals surface area contributed by atoms with Crippen molar-refractivity contribution >= 4 is 23.7 Å². The summed E-state index contributed by atoms with van der Waals surface area (Å²) >= 11 is 0. The molecule has 1 saturated heterocycles. The minimum atomic E-state index is -0.686. The number of benzene rings is 1. The molecule has 1 aromatic rings. The highest BCUT2D eigenvalue weighted by atomic mass is 16.2. The van der Waals surface area contributed by atoms with Gasteiger partial charge in [-0.05, 0) is 22.5 Å². The summed E-state index contributed by atoms with van der Waals surface area (Å²) in [5.74, 6) is -0.621. The predicted octanol–water partition coefficient (Wildman–Crippen LogP) is 1.43. The van der Waals surface area contributed by atoms with Crippen molar-refractivity contribution < 1.29 is 19.3 Å². The second-order valence-electron chi connectivity index (χ2n) is 9.95. The van der Waals surface area contributed by atoms with Crippen LogP contribution in [0.1, 0.15) is 57.6 Å². The van der Waals surface area contributed by atoms with Crippen molar-refractivity contribution in [3.63, 3.8) is 0 Å². The number of rotatable bonds is 5. The molecule has 3 rings (SSSR count). The van der Waals surface area contributed by atoms with Gasteiger partial charge in [-0.2, -0.15) is 0 Å². The van der Waals surface area contributed by atoms with Gasteiger partial charge in [0.2, 0.25) is 5.91 Å². The molecule has 0 bridgehead atoms. The summed E-state index contributed by atoms with van der Waals surface area (Å²) in [6.45, 7) is 13.0. The van der Waals surface area contributed by atoms with Gasteiger partial charge in [-0.25, -0.2) is 0 Å². The van der Waals surface area contributed by atoms with Crippen LogP contribution in [0.2, 0.25) is 0 Å². The van der Waals surface area contributed by atoms with Gasteiger partial charge in [-0.3, -0.25) is 19.4 Å². The van der Waals surface area contributed by atoms with E-state index in [0.717, 1.165) is 38.3 Å². The van der Waals surface area contributed by atoms with E-state index in [1.54, 1.807) is 13.1 Å². The van der Waals surface area contributed by atoms with Crippen molar-refractivity contribution in [3.8, 4) is 0 Å². The highest BCUT2D eigenvalue weighted by molar-refractivity contribution is 6.16. The van der Waals surface area contributed by atoms with Gasteiger partial charge in [-0.1, -0.05) is 45.0 Å². The van der Waals surface area contributed by atoms with Crippen LogP contribution >= 0.6 is 0 Å². The molecule has 168 valence electrons. The zero-order valence-electron chi connectivity index (χ0n) is 19.3. The predicted molar refractivity (Wildman–Crippen MR) is 122 cm³/mol. The summed E-state index contributed by atoms with van der Waals surface area (Å²) in [5, 5.41) is 0. The molecule has 0 aromatic heterocycles. The van der Waals surface area contributed by atoms with E-state index < -0.39 is 5.92 Å². The quantitative estimate of drug-likeness (QED) is 0.572. The third-order valence-corrected chi connectivity index (χ3v) is 6.60. The fourth-order valence-corrected chi connectivity index (χ4v) is 4.44. The molecule has 1 saturated carbocycles. The first-order chi connectivity index (χ1) is 14.6. The smallest absolute Gasteiger partial charge is 0.219 e. The molecule has 1 aliphatic carbocycles. The Bertz CT molecular complexity index is 813. The third-order valence-electron chi connectivity index (χ3n) is 6.60. The molecule has 0 spiro atoms. The van der Waals surface area contributed by atoms with Crippen molar-refractivity contribution in [2.75, 3.05) is 39.3 Å². The van der Waals surface area contributed by atoms with Crippen LogP contribution in [0, 0.1) is 5.92 Å². The van der Waals surface area contributed by atoms with E-state index in [-0.39, 0.29) is 28.8 Å². The van der Waals surface area contributed by atoms with Gasteiger partial charge < -0.3 is 9.80 Å². The third kappa shape index (κ3) is 6.10. The minimum absolute atomic E-state index is 0.0210. The molecule has 0 radical (unpaired) electrons. The number of Topliss-reactive ketones (excluding diaryl/α,β-unsaturated/α-hetero) is 2. The topological polar surface area (TPSA) is 71.2 Å². The van der Waals surface area contributed by atoms with E-state index in [4.69, 9.17) is 0 Å². The number of hydrogen-bond donors (Lipinski definition) is 1. The van der Waals surface area contributed by atoms with Crippen LogP contribution in [-0.4, -0.2) is 67.9 Å². The maximum absolute atomic E-state index is 12.7. The molecule has 2 fully saturated rings. The number of piperazine rings is 1. The second kappa shape index (κ2) is 9.86. The Hall–Kier alpha value is -2.34. The van der Waals surface area contributed by atoms with Crippen LogP contribution in [-0.2, 0) is 19.8 Å². The maximum Gasteiger partial charge on any atom is 0.219 e. The van der Waals surface area contributed by atoms with Gasteiger partial charge >= 0.3 is 0 Å². The van der Waals surface area contributed by atoms with Gasteiger partial charge in [0.1, 0.15) is 17.5 Å². The number of carbonyl (C=O) groups excluding carboxylic acids is 3. The molecule has 0 unspecified atom stereocenters. The van der Waals surface area contributed by atoms with Gasteiger partial charge in [0.25, 0.3) is 0 Å². The van der Waals surface area contributed by atoms with Crippen molar-refractivity contribution in [1.29, 1.82) is 0 Å². The summed E-state index contributed by atoms with van der Waals surface area (Å²) in [7, 11) is 0. The van der Waals surface area contributed by atoms with Crippen LogP contribution in [0.4, 0.5) is 0 Å². The molecule has 6 heteroatoms. The Morgan fingerprint density at radius 2 is 1.68 bits per heavy atom. The van der Waals surface area contributed by atoms with Gasteiger partial charge in [0.05, 0.1) is 39.3 Å². The average Bonchev–Trinajstić information content (AvgIpc) is 2.72. The first kappa shape index (κ1) is 23.3. The van der Waals surface area contributed by atoms with E-state index >= 15 is 0 Å². The van der Waals surface area contributed by atoms with Gasteiger partial charge in [0, 0.05) is 26.0 Å². The molecular weight excluding hydrogens is 390 g/mol. The standard InChI is InChI=1S/C25H35N3O3/c1-18(29)28-13-11-27(12-14-28)10-9-26-17-22-23(30)15-20(16-24(22)31)19-5-7-21(8-6-19)25(2,3)4/h5-8,17,20,22H,9-16H2,1-4H3/p+1. The number of nitrogens with one attached hydrogen (secondary N) is 1. The molecule has 1 amide bonds. The van der Waals surface area contributed by atoms with E-state index in [0.29, 0.717) is 19.4 Å². The molecule has 2 aliphatic rings. The number of nitrogens with zero attached hydrogens (tertiary/aromatic N) is 2. The van der Waals surface area contributed by atoms with Crippen molar-refractivity contribution in [2.24, 2.45) is 10.9 Å². The van der Waals surface area contributed by atoms with E-state index in [1.807, 2.05) is 4.90 Å². The fourth-order valence-electron chi connectivity index (χ4n) is 4.44. The normalized spacial score (nSPS) is 23.5. The summed E-state index contributed by atoms with van der Waals surface area (Å²) < 4.78 is 0. The lowest BCUT2D eigenvalue weighted by molar-refractivity contribution is -0.902. The van der Waals surface area contributed by atoms with Crippen molar-refractivity contribution in [2.45, 2.75) is 51.9 Å². The van der Waals surface area contributed by atoms with Crippen molar-refractivity contribution in [1.82, 2.24) is 4.90 Å². The molecular formula is C25H36N3O3+. The van der Waals surface area contributed by atoms with Crippen LogP contribution in [0.3, 0.4) is 0 Å². The SMILES string of the molecule is CC(=O)N1CC[NH+](CCN=CC2C(=O)CC(c3ccc(C(C)(C)C)cc3)CC2=O)CC1. The van der Waals surface area contributed by atoms with Crippen LogP contribution in [0.5, 0.6) is 0 Å². The van der Waals surface area contributed by atoms with Gasteiger partial charge in [-0.15, -0.1) is 0 Å². The van der Waals surface area contributed by atoms with E-state index in [1.165, 1.54) is 10.5 Å². The Morgan fingerprint density at radius 1 is 1.10 bits per heavy atom. The lowest BCUT2D eigenvalue weighted by Gasteiger charge is -2.31. The maximum atomic E-state index is 12.7. The van der Waals surface area contributed by atoms with E-state index in [2.05, 4.69) is 50.0 Å². The zero-order chi connectivity index (χ0) is 22.6.